The number of amides is 2. The van der Waals surface area contributed by atoms with Crippen molar-refractivity contribution in [1.29, 1.82) is 0 Å². The maximum Gasteiger partial charge on any atom is 0.242 e. The number of nitrogens with zero attached hydrogens (tertiary/aromatic N) is 5. The van der Waals surface area contributed by atoms with E-state index in [0.29, 0.717) is 43.7 Å². The maximum atomic E-state index is 12.6. The standard InChI is InChI=1S/C22H28ClN5O2/c1-16(2)14-28(17(3)29)15-22(30)27-12-10-26(11-13-27)21-9-8-20(24-25-21)18-6-4-5-7-19(18)23/h4-9,16H,10-15H2,1-3H3. The van der Waals surface area contributed by atoms with Crippen LogP contribution in [0.4, 0.5) is 5.82 Å². The van der Waals surface area contributed by atoms with Crippen molar-refractivity contribution < 1.29 is 9.59 Å². The molecule has 8 heteroatoms. The summed E-state index contributed by atoms with van der Waals surface area (Å²) in [5.41, 5.74) is 1.58. The first-order valence-corrected chi connectivity index (χ1v) is 10.6. The molecule has 0 spiro atoms. The summed E-state index contributed by atoms with van der Waals surface area (Å²) in [4.78, 5) is 30.0. The highest BCUT2D eigenvalue weighted by Crippen LogP contribution is 2.26. The molecule has 0 atom stereocenters. The Balaban J connectivity index is 1.57. The SMILES string of the molecule is CC(=O)N(CC(=O)N1CCN(c2ccc(-c3ccccc3Cl)nn2)CC1)CC(C)C. The largest absolute Gasteiger partial charge is 0.352 e. The first-order chi connectivity index (χ1) is 14.3. The molecule has 0 bridgehead atoms. The van der Waals surface area contributed by atoms with Crippen molar-refractivity contribution in [3.8, 4) is 11.3 Å². The van der Waals surface area contributed by atoms with Crippen LogP contribution in [0.15, 0.2) is 36.4 Å². The summed E-state index contributed by atoms with van der Waals surface area (Å²) >= 11 is 6.24. The minimum atomic E-state index is -0.0652. The molecule has 0 radical (unpaired) electrons. The maximum absolute atomic E-state index is 12.6. The van der Waals surface area contributed by atoms with Gasteiger partial charge in [-0.3, -0.25) is 9.59 Å². The first kappa shape index (κ1) is 22.0. The molecule has 2 amide bonds. The number of carbonyl (C=O) groups excluding carboxylic acids is 2. The minimum Gasteiger partial charge on any atom is -0.352 e. The number of anilines is 1. The lowest BCUT2D eigenvalue weighted by atomic mass is 10.1. The van der Waals surface area contributed by atoms with Gasteiger partial charge in [0, 0.05) is 45.2 Å². The van der Waals surface area contributed by atoms with Gasteiger partial charge in [0.2, 0.25) is 11.8 Å². The Labute approximate surface area is 182 Å². The van der Waals surface area contributed by atoms with E-state index in [9.17, 15) is 9.59 Å². The van der Waals surface area contributed by atoms with Gasteiger partial charge in [-0.15, -0.1) is 10.2 Å². The van der Waals surface area contributed by atoms with Gasteiger partial charge in [-0.05, 0) is 24.1 Å². The monoisotopic (exact) mass is 429 g/mol. The predicted molar refractivity (Wildman–Crippen MR) is 118 cm³/mol. The van der Waals surface area contributed by atoms with Crippen LogP contribution < -0.4 is 4.90 Å². The van der Waals surface area contributed by atoms with E-state index in [2.05, 4.69) is 15.1 Å². The summed E-state index contributed by atoms with van der Waals surface area (Å²) in [5, 5.41) is 9.32. The molecule has 2 heterocycles. The average Bonchev–Trinajstić information content (AvgIpc) is 2.73. The zero-order valence-corrected chi connectivity index (χ0v) is 18.5. The van der Waals surface area contributed by atoms with E-state index in [0.717, 1.165) is 17.1 Å². The van der Waals surface area contributed by atoms with Gasteiger partial charge in [0.05, 0.1) is 17.3 Å². The molecule has 1 fully saturated rings. The van der Waals surface area contributed by atoms with Crippen LogP contribution in [0.3, 0.4) is 0 Å². The smallest absolute Gasteiger partial charge is 0.242 e. The van der Waals surface area contributed by atoms with Gasteiger partial charge in [-0.2, -0.15) is 0 Å². The van der Waals surface area contributed by atoms with E-state index in [1.807, 2.05) is 55.1 Å². The summed E-state index contributed by atoms with van der Waals surface area (Å²) in [6.07, 6.45) is 0. The molecular weight excluding hydrogens is 402 g/mol. The molecule has 1 aromatic carbocycles. The van der Waals surface area contributed by atoms with Crippen molar-refractivity contribution in [2.24, 2.45) is 5.92 Å². The van der Waals surface area contributed by atoms with E-state index < -0.39 is 0 Å². The molecule has 1 aliphatic rings. The fourth-order valence-corrected chi connectivity index (χ4v) is 3.73. The van der Waals surface area contributed by atoms with Crippen LogP contribution in [0.2, 0.25) is 5.02 Å². The number of rotatable bonds is 6. The van der Waals surface area contributed by atoms with Gasteiger partial charge in [-0.25, -0.2) is 0 Å². The lowest BCUT2D eigenvalue weighted by Gasteiger charge is -2.36. The number of hydrogen-bond donors (Lipinski definition) is 0. The number of carbonyl (C=O) groups is 2. The lowest BCUT2D eigenvalue weighted by molar-refractivity contribution is -0.140. The van der Waals surface area contributed by atoms with Crippen molar-refractivity contribution in [2.45, 2.75) is 20.8 Å². The van der Waals surface area contributed by atoms with Crippen molar-refractivity contribution in [2.75, 3.05) is 44.2 Å². The number of hydrogen-bond acceptors (Lipinski definition) is 5. The molecule has 1 saturated heterocycles. The second kappa shape index (κ2) is 9.89. The van der Waals surface area contributed by atoms with Gasteiger partial charge >= 0.3 is 0 Å². The third-order valence-corrected chi connectivity index (χ3v) is 5.44. The summed E-state index contributed by atoms with van der Waals surface area (Å²) < 4.78 is 0. The summed E-state index contributed by atoms with van der Waals surface area (Å²) in [6, 6.07) is 11.4. The van der Waals surface area contributed by atoms with Crippen LogP contribution in [0, 0.1) is 5.92 Å². The van der Waals surface area contributed by atoms with Crippen molar-refractivity contribution in [1.82, 2.24) is 20.0 Å². The Bertz CT molecular complexity index is 879. The van der Waals surface area contributed by atoms with Crippen molar-refractivity contribution in [3.63, 3.8) is 0 Å². The fraction of sp³-hybridized carbons (Fsp3) is 0.455. The molecule has 0 N–H and O–H groups in total. The second-order valence-electron chi connectivity index (χ2n) is 7.92. The number of halogens is 1. The Kier molecular flexibility index (Phi) is 7.26. The Morgan fingerprint density at radius 3 is 2.33 bits per heavy atom. The second-order valence-corrected chi connectivity index (χ2v) is 8.33. The first-order valence-electron chi connectivity index (χ1n) is 10.2. The third kappa shape index (κ3) is 5.48. The van der Waals surface area contributed by atoms with E-state index in [1.165, 1.54) is 6.92 Å². The molecule has 1 aliphatic heterocycles. The van der Waals surface area contributed by atoms with Crippen molar-refractivity contribution in [3.05, 3.63) is 41.4 Å². The Hall–Kier alpha value is -2.67. The van der Waals surface area contributed by atoms with Gasteiger partial charge in [0.1, 0.15) is 0 Å². The number of benzene rings is 1. The molecule has 30 heavy (non-hydrogen) atoms. The normalized spacial score (nSPS) is 14.2. The van der Waals surface area contributed by atoms with E-state index in [-0.39, 0.29) is 18.4 Å². The zero-order chi connectivity index (χ0) is 21.7. The molecule has 2 aromatic rings. The molecule has 0 unspecified atom stereocenters. The van der Waals surface area contributed by atoms with Crippen molar-refractivity contribution >= 4 is 29.2 Å². The van der Waals surface area contributed by atoms with E-state index >= 15 is 0 Å². The summed E-state index contributed by atoms with van der Waals surface area (Å²) in [7, 11) is 0. The van der Waals surface area contributed by atoms with Crippen LogP contribution in [-0.4, -0.2) is 71.1 Å². The highest BCUT2D eigenvalue weighted by atomic mass is 35.5. The molecule has 160 valence electrons. The molecule has 3 rings (SSSR count). The summed E-state index contributed by atoms with van der Waals surface area (Å²) in [5.74, 6) is 1.03. The predicted octanol–water partition coefficient (Wildman–Crippen LogP) is 2.95. The van der Waals surface area contributed by atoms with E-state index in [4.69, 9.17) is 11.6 Å². The van der Waals surface area contributed by atoms with Crippen LogP contribution >= 0.6 is 11.6 Å². The quantitative estimate of drug-likeness (QED) is 0.706. The van der Waals surface area contributed by atoms with Gasteiger partial charge in [0.15, 0.2) is 5.82 Å². The Morgan fingerprint density at radius 2 is 1.77 bits per heavy atom. The third-order valence-electron chi connectivity index (χ3n) is 5.11. The number of piperazine rings is 1. The van der Waals surface area contributed by atoms with Gasteiger partial charge in [-0.1, -0.05) is 43.6 Å². The lowest BCUT2D eigenvalue weighted by Crippen LogP contribution is -2.52. The number of aromatic nitrogens is 2. The van der Waals surface area contributed by atoms with Crippen LogP contribution in [0.1, 0.15) is 20.8 Å². The molecule has 1 aromatic heterocycles. The molecule has 0 aliphatic carbocycles. The van der Waals surface area contributed by atoms with Gasteiger partial charge in [0.25, 0.3) is 0 Å². The van der Waals surface area contributed by atoms with Gasteiger partial charge < -0.3 is 14.7 Å². The van der Waals surface area contributed by atoms with Crippen LogP contribution in [0.25, 0.3) is 11.3 Å². The molecule has 7 nitrogen and oxygen atoms in total. The fourth-order valence-electron chi connectivity index (χ4n) is 3.50. The van der Waals surface area contributed by atoms with Crippen LogP contribution in [0.5, 0.6) is 0 Å². The highest BCUT2D eigenvalue weighted by Gasteiger charge is 2.24. The zero-order valence-electron chi connectivity index (χ0n) is 17.7. The Morgan fingerprint density at radius 1 is 1.07 bits per heavy atom. The molecular formula is C22H28ClN5O2. The van der Waals surface area contributed by atoms with Crippen LogP contribution in [-0.2, 0) is 9.59 Å². The summed E-state index contributed by atoms with van der Waals surface area (Å²) in [6.45, 7) is 8.87. The minimum absolute atomic E-state index is 0.00866. The van der Waals surface area contributed by atoms with E-state index in [1.54, 1.807) is 4.90 Å². The average molecular weight is 430 g/mol. The topological polar surface area (TPSA) is 69.6 Å². The molecule has 0 saturated carbocycles. The highest BCUT2D eigenvalue weighted by molar-refractivity contribution is 6.33.